The zero-order chi connectivity index (χ0) is 7.56. The van der Waals surface area contributed by atoms with E-state index in [1.807, 2.05) is 23.6 Å². The molecule has 0 aromatic carbocycles. The second-order valence-electron chi connectivity index (χ2n) is 2.57. The third-order valence-electron chi connectivity index (χ3n) is 2.09. The zero-order valence-corrected chi connectivity index (χ0v) is 8.80. The average molecular weight is 227 g/mol. The molecule has 1 saturated heterocycles. The fourth-order valence-electron chi connectivity index (χ4n) is 1.32. The first-order valence-corrected chi connectivity index (χ1v) is 3.91. The summed E-state index contributed by atoms with van der Waals surface area (Å²) in [6.07, 6.45) is -0.824. The van der Waals surface area contributed by atoms with Crippen LogP contribution >= 0.6 is 17.0 Å². The molecule has 2 nitrogen and oxygen atoms in total. The summed E-state index contributed by atoms with van der Waals surface area (Å²) in [5, 5.41) is 0. The molecule has 0 aliphatic carbocycles. The van der Waals surface area contributed by atoms with E-state index in [0.717, 1.165) is 26.2 Å². The number of rotatable bonds is 2. The van der Waals surface area contributed by atoms with Gasteiger partial charge in [-0.1, -0.05) is 13.8 Å². The highest BCUT2D eigenvalue weighted by Gasteiger charge is 2.28. The van der Waals surface area contributed by atoms with Crippen molar-refractivity contribution in [2.24, 2.45) is 0 Å². The molecule has 0 amide bonds. The van der Waals surface area contributed by atoms with Gasteiger partial charge < -0.3 is 0 Å². The van der Waals surface area contributed by atoms with E-state index in [0.29, 0.717) is 0 Å². The molecule has 0 unspecified atom stereocenters. The van der Waals surface area contributed by atoms with E-state index in [4.69, 9.17) is 0 Å². The van der Waals surface area contributed by atoms with Gasteiger partial charge in [0.25, 0.3) is 0 Å². The van der Waals surface area contributed by atoms with Crippen molar-refractivity contribution in [1.82, 2.24) is 9.80 Å². The molecular formula is C7H16BrFN2. The first-order chi connectivity index (χ1) is 4.79. The molecule has 1 heterocycles. The van der Waals surface area contributed by atoms with Crippen LogP contribution in [0.2, 0.25) is 0 Å². The minimum Gasteiger partial charge on any atom is -0.260 e. The summed E-state index contributed by atoms with van der Waals surface area (Å²) < 4.78 is 13.1. The summed E-state index contributed by atoms with van der Waals surface area (Å²) in [4.78, 5) is 3.67. The quantitative estimate of drug-likeness (QED) is 0.659. The molecule has 1 rings (SSSR count). The van der Waals surface area contributed by atoms with Gasteiger partial charge >= 0.3 is 0 Å². The van der Waals surface area contributed by atoms with Crippen LogP contribution in [0.5, 0.6) is 0 Å². The van der Waals surface area contributed by atoms with E-state index in [-0.39, 0.29) is 17.0 Å². The monoisotopic (exact) mass is 226 g/mol. The van der Waals surface area contributed by atoms with Crippen molar-refractivity contribution in [1.29, 1.82) is 0 Å². The Labute approximate surface area is 78.1 Å². The number of likely N-dealkylation sites (N-methyl/N-ethyl adjacent to an activating group) is 2. The molecule has 0 atom stereocenters. The predicted octanol–water partition coefficient (Wildman–Crippen LogP) is 1.47. The third-order valence-corrected chi connectivity index (χ3v) is 2.09. The molecule has 0 aromatic heterocycles. The lowest BCUT2D eigenvalue weighted by Crippen LogP contribution is -2.34. The van der Waals surface area contributed by atoms with E-state index >= 15 is 0 Å². The van der Waals surface area contributed by atoms with Crippen molar-refractivity contribution < 1.29 is 4.39 Å². The van der Waals surface area contributed by atoms with Crippen LogP contribution in [-0.2, 0) is 0 Å². The Morgan fingerprint density at radius 1 is 1.18 bits per heavy atom. The smallest absolute Gasteiger partial charge is 0.210 e. The fraction of sp³-hybridized carbons (Fsp3) is 1.00. The minimum absolute atomic E-state index is 0. The number of hydrogen-bond acceptors (Lipinski definition) is 2. The zero-order valence-electron chi connectivity index (χ0n) is 7.09. The predicted molar refractivity (Wildman–Crippen MR) is 49.7 cm³/mol. The molecule has 0 spiro atoms. The van der Waals surface area contributed by atoms with E-state index in [2.05, 4.69) is 0 Å². The Hall–Kier alpha value is 0.330. The van der Waals surface area contributed by atoms with Gasteiger partial charge in [0.2, 0.25) is 6.42 Å². The van der Waals surface area contributed by atoms with Crippen LogP contribution in [0.15, 0.2) is 0 Å². The number of hydrogen-bond donors (Lipinski definition) is 0. The second kappa shape index (κ2) is 5.06. The molecule has 0 radical (unpaired) electrons. The van der Waals surface area contributed by atoms with Crippen molar-refractivity contribution in [2.45, 2.75) is 20.3 Å². The molecule has 0 saturated carbocycles. The van der Waals surface area contributed by atoms with Crippen molar-refractivity contribution in [3.05, 3.63) is 0 Å². The van der Waals surface area contributed by atoms with Gasteiger partial charge in [-0.25, -0.2) is 4.39 Å². The Balaban J connectivity index is 0.000001000. The topological polar surface area (TPSA) is 6.48 Å². The van der Waals surface area contributed by atoms with Crippen LogP contribution in [0.4, 0.5) is 4.39 Å². The molecule has 1 aliphatic heterocycles. The van der Waals surface area contributed by atoms with Crippen LogP contribution in [0.25, 0.3) is 0 Å². The molecule has 0 aromatic rings. The first kappa shape index (κ1) is 11.3. The maximum Gasteiger partial charge on any atom is 0.210 e. The van der Waals surface area contributed by atoms with Crippen molar-refractivity contribution in [3.8, 4) is 0 Å². The van der Waals surface area contributed by atoms with Gasteiger partial charge in [0.1, 0.15) is 0 Å². The Morgan fingerprint density at radius 3 is 1.73 bits per heavy atom. The highest BCUT2D eigenvalue weighted by Crippen LogP contribution is 2.13. The largest absolute Gasteiger partial charge is 0.260 e. The molecule has 1 fully saturated rings. The van der Waals surface area contributed by atoms with Gasteiger partial charge in [-0.3, -0.25) is 9.80 Å². The lowest BCUT2D eigenvalue weighted by atomic mass is 10.6. The summed E-state index contributed by atoms with van der Waals surface area (Å²) in [7, 11) is 0. The standard InChI is InChI=1S/C7H15FN2.BrH/c1-3-9-5-6-10(4-2)7(9)8;/h7H,3-6H2,1-2H3;1H. The van der Waals surface area contributed by atoms with E-state index in [9.17, 15) is 4.39 Å². The number of alkyl halides is 1. The van der Waals surface area contributed by atoms with Crippen molar-refractivity contribution in [3.63, 3.8) is 0 Å². The SMILES string of the molecule is Br.CCN1CCN(CC)C1F. The van der Waals surface area contributed by atoms with Gasteiger partial charge in [0.05, 0.1) is 0 Å². The number of nitrogens with zero attached hydrogens (tertiary/aromatic N) is 2. The molecule has 11 heavy (non-hydrogen) atoms. The van der Waals surface area contributed by atoms with E-state index in [1.165, 1.54) is 0 Å². The Bertz CT molecular complexity index is 101. The van der Waals surface area contributed by atoms with Gasteiger partial charge in [0.15, 0.2) is 0 Å². The highest BCUT2D eigenvalue weighted by atomic mass is 79.9. The van der Waals surface area contributed by atoms with E-state index in [1.54, 1.807) is 0 Å². The maximum absolute atomic E-state index is 13.1. The van der Waals surface area contributed by atoms with E-state index < -0.39 is 6.42 Å². The molecule has 0 bridgehead atoms. The minimum atomic E-state index is -0.824. The summed E-state index contributed by atoms with van der Waals surface area (Å²) in [5.74, 6) is 0. The van der Waals surface area contributed by atoms with Gasteiger partial charge in [0, 0.05) is 13.1 Å². The van der Waals surface area contributed by atoms with Crippen molar-refractivity contribution >= 4 is 17.0 Å². The lowest BCUT2D eigenvalue weighted by molar-refractivity contribution is 0.0235. The van der Waals surface area contributed by atoms with Crippen molar-refractivity contribution in [2.75, 3.05) is 26.2 Å². The first-order valence-electron chi connectivity index (χ1n) is 3.91. The summed E-state index contributed by atoms with van der Waals surface area (Å²) in [6.45, 7) is 7.38. The molecule has 1 aliphatic rings. The summed E-state index contributed by atoms with van der Waals surface area (Å²) in [5.41, 5.74) is 0. The second-order valence-corrected chi connectivity index (χ2v) is 2.57. The third kappa shape index (κ3) is 2.39. The fourth-order valence-corrected chi connectivity index (χ4v) is 1.32. The van der Waals surface area contributed by atoms with Crippen LogP contribution < -0.4 is 0 Å². The lowest BCUT2D eigenvalue weighted by Gasteiger charge is -2.20. The van der Waals surface area contributed by atoms with Crippen LogP contribution in [0, 0.1) is 0 Å². The maximum atomic E-state index is 13.1. The van der Waals surface area contributed by atoms with Gasteiger partial charge in [-0.05, 0) is 13.1 Å². The normalized spacial score (nSPS) is 22.1. The van der Waals surface area contributed by atoms with Crippen LogP contribution in [0.1, 0.15) is 13.8 Å². The Morgan fingerprint density at radius 2 is 1.55 bits per heavy atom. The highest BCUT2D eigenvalue weighted by molar-refractivity contribution is 8.93. The van der Waals surface area contributed by atoms with Crippen LogP contribution in [0.3, 0.4) is 0 Å². The average Bonchev–Trinajstić information content (AvgIpc) is 2.30. The summed E-state index contributed by atoms with van der Waals surface area (Å²) in [6, 6.07) is 0. The summed E-state index contributed by atoms with van der Waals surface area (Å²) >= 11 is 0. The number of halogens is 2. The molecular weight excluding hydrogens is 211 g/mol. The molecule has 4 heteroatoms. The van der Waals surface area contributed by atoms with Crippen LogP contribution in [-0.4, -0.2) is 42.4 Å². The molecule has 68 valence electrons. The Kier molecular flexibility index (Phi) is 5.21. The van der Waals surface area contributed by atoms with Gasteiger partial charge in [-0.15, -0.1) is 17.0 Å². The molecule has 0 N–H and O–H groups in total. The van der Waals surface area contributed by atoms with Gasteiger partial charge in [-0.2, -0.15) is 0 Å².